The number of oxime groups is 1. The van der Waals surface area contributed by atoms with Crippen LogP contribution in [0.3, 0.4) is 0 Å². The minimum absolute atomic E-state index is 0.184. The number of benzene rings is 4. The summed E-state index contributed by atoms with van der Waals surface area (Å²) < 4.78 is 15.8. The molecule has 1 heterocycles. The normalized spacial score (nSPS) is 14.9. The Hall–Kier alpha value is -4.56. The maximum Gasteiger partial charge on any atom is 0.341 e. The maximum atomic E-state index is 15.8. The molecule has 0 bridgehead atoms. The smallest absolute Gasteiger partial charge is 0.341 e. The predicted molar refractivity (Wildman–Crippen MR) is 145 cm³/mol. The first-order valence-corrected chi connectivity index (χ1v) is 12.5. The van der Waals surface area contributed by atoms with Gasteiger partial charge in [-0.2, -0.15) is 0 Å². The Labute approximate surface area is 227 Å². The lowest BCUT2D eigenvalue weighted by Gasteiger charge is -2.23. The van der Waals surface area contributed by atoms with Crippen LogP contribution < -0.4 is 0 Å². The van der Waals surface area contributed by atoms with Crippen molar-refractivity contribution < 1.29 is 29.1 Å². The lowest BCUT2D eigenvalue weighted by atomic mass is 9.91. The molecule has 4 aromatic rings. The van der Waals surface area contributed by atoms with Gasteiger partial charge < -0.3 is 10.3 Å². The first kappa shape index (κ1) is 26.1. The predicted octanol–water partition coefficient (Wildman–Crippen LogP) is 6.21. The standard InChI is InChI=1S/C30H22ClFN2O5/c31-23-11-9-19(10-12-23)18-5-7-20(8-6-18)26(33-39)17-30(32,29(37)38)13-14-34-27(35)24-15-21-3-1-2-4-22(21)16-25(24)28(34)36/h1-12,15-16,39H,13-14,17H2,(H,37,38)/b33-26+. The van der Waals surface area contributed by atoms with Crippen molar-refractivity contribution in [1.29, 1.82) is 0 Å². The number of nitrogens with zero attached hydrogens (tertiary/aromatic N) is 2. The van der Waals surface area contributed by atoms with Crippen molar-refractivity contribution in [1.82, 2.24) is 4.90 Å². The summed E-state index contributed by atoms with van der Waals surface area (Å²) in [7, 11) is 0. The zero-order valence-corrected chi connectivity index (χ0v) is 21.2. The highest BCUT2D eigenvalue weighted by atomic mass is 35.5. The zero-order valence-electron chi connectivity index (χ0n) is 20.5. The fraction of sp³-hybridized carbons (Fsp3) is 0.133. The van der Waals surface area contributed by atoms with Gasteiger partial charge in [0.05, 0.1) is 16.8 Å². The summed E-state index contributed by atoms with van der Waals surface area (Å²) in [6.45, 7) is -0.459. The molecule has 196 valence electrons. The van der Waals surface area contributed by atoms with Crippen LogP contribution in [0.25, 0.3) is 21.9 Å². The molecule has 1 aliphatic rings. The van der Waals surface area contributed by atoms with E-state index in [9.17, 15) is 24.7 Å². The third-order valence-corrected chi connectivity index (χ3v) is 7.17. The van der Waals surface area contributed by atoms with Gasteiger partial charge in [-0.25, -0.2) is 9.18 Å². The summed E-state index contributed by atoms with van der Waals surface area (Å²) in [4.78, 5) is 38.8. The molecule has 1 aliphatic heterocycles. The van der Waals surface area contributed by atoms with Crippen LogP contribution in [0.4, 0.5) is 4.39 Å². The van der Waals surface area contributed by atoms with E-state index >= 15 is 4.39 Å². The Balaban J connectivity index is 1.33. The van der Waals surface area contributed by atoms with Gasteiger partial charge in [0.2, 0.25) is 5.67 Å². The first-order chi connectivity index (χ1) is 18.7. The molecule has 9 heteroatoms. The van der Waals surface area contributed by atoms with Crippen LogP contribution in [-0.4, -0.2) is 50.9 Å². The molecule has 4 aromatic carbocycles. The van der Waals surface area contributed by atoms with Crippen LogP contribution >= 0.6 is 11.6 Å². The van der Waals surface area contributed by atoms with Crippen LogP contribution in [0.15, 0.2) is 90.1 Å². The Kier molecular flexibility index (Phi) is 6.89. The lowest BCUT2D eigenvalue weighted by molar-refractivity contribution is -0.151. The summed E-state index contributed by atoms with van der Waals surface area (Å²) in [6, 6.07) is 24.2. The molecule has 1 atom stereocenters. The van der Waals surface area contributed by atoms with Gasteiger partial charge in [0, 0.05) is 24.4 Å². The fourth-order valence-corrected chi connectivity index (χ4v) is 4.82. The van der Waals surface area contributed by atoms with Crippen LogP contribution in [0, 0.1) is 0 Å². The highest BCUT2D eigenvalue weighted by molar-refractivity contribution is 6.30. The SMILES string of the molecule is O=C1c2cc3ccccc3cc2C(=O)N1CCC(F)(C/C(=N\O)c1ccc(-c2ccc(Cl)cc2)cc1)C(=O)O. The van der Waals surface area contributed by atoms with Gasteiger partial charge in [0.25, 0.3) is 11.8 Å². The molecule has 1 unspecified atom stereocenters. The molecule has 0 spiro atoms. The third-order valence-electron chi connectivity index (χ3n) is 6.92. The number of carboxylic acid groups (broad SMARTS) is 1. The van der Waals surface area contributed by atoms with Crippen LogP contribution in [0.2, 0.25) is 5.02 Å². The second-order valence-corrected chi connectivity index (χ2v) is 9.77. The quantitative estimate of drug-likeness (QED) is 0.119. The number of carboxylic acids is 1. The largest absolute Gasteiger partial charge is 0.479 e. The minimum Gasteiger partial charge on any atom is -0.479 e. The lowest BCUT2D eigenvalue weighted by Crippen LogP contribution is -2.41. The Morgan fingerprint density at radius 3 is 1.87 bits per heavy atom. The molecule has 5 rings (SSSR count). The van der Waals surface area contributed by atoms with E-state index < -0.39 is 42.8 Å². The zero-order chi connectivity index (χ0) is 27.7. The van der Waals surface area contributed by atoms with Crippen molar-refractivity contribution in [3.05, 3.63) is 107 Å². The number of hydrogen-bond acceptors (Lipinski definition) is 5. The van der Waals surface area contributed by atoms with Crippen LogP contribution in [-0.2, 0) is 4.79 Å². The number of carbonyl (C=O) groups is 3. The van der Waals surface area contributed by atoms with Gasteiger partial charge in [0.1, 0.15) is 0 Å². The highest BCUT2D eigenvalue weighted by Crippen LogP contribution is 2.31. The molecule has 0 fully saturated rings. The average Bonchev–Trinajstić information content (AvgIpc) is 3.18. The Bertz CT molecular complexity index is 1580. The van der Waals surface area contributed by atoms with E-state index in [0.29, 0.717) is 10.6 Å². The van der Waals surface area contributed by atoms with Gasteiger partial charge in [-0.15, -0.1) is 0 Å². The summed E-state index contributed by atoms with van der Waals surface area (Å²) >= 11 is 5.93. The van der Waals surface area contributed by atoms with E-state index in [4.69, 9.17) is 11.6 Å². The van der Waals surface area contributed by atoms with Gasteiger partial charge in [-0.1, -0.05) is 77.4 Å². The van der Waals surface area contributed by atoms with Crippen molar-refractivity contribution in [3.63, 3.8) is 0 Å². The third kappa shape index (κ3) is 4.98. The number of imide groups is 1. The van der Waals surface area contributed by atoms with Gasteiger partial charge in [0.15, 0.2) is 0 Å². The van der Waals surface area contributed by atoms with Gasteiger partial charge >= 0.3 is 5.97 Å². The van der Waals surface area contributed by atoms with Crippen molar-refractivity contribution in [2.45, 2.75) is 18.5 Å². The number of fused-ring (bicyclic) bond motifs is 2. The molecule has 0 saturated heterocycles. The summed E-state index contributed by atoms with van der Waals surface area (Å²) in [5, 5.41) is 24.6. The van der Waals surface area contributed by atoms with Crippen molar-refractivity contribution >= 4 is 45.9 Å². The minimum atomic E-state index is -2.91. The van der Waals surface area contributed by atoms with Crippen molar-refractivity contribution in [3.8, 4) is 11.1 Å². The molecular weight excluding hydrogens is 523 g/mol. The molecule has 7 nitrogen and oxygen atoms in total. The topological polar surface area (TPSA) is 107 Å². The fourth-order valence-electron chi connectivity index (χ4n) is 4.70. The number of amides is 2. The molecule has 2 N–H and O–H groups in total. The Morgan fingerprint density at radius 1 is 0.872 bits per heavy atom. The van der Waals surface area contributed by atoms with Crippen molar-refractivity contribution in [2.75, 3.05) is 6.54 Å². The van der Waals surface area contributed by atoms with E-state index in [0.717, 1.165) is 26.8 Å². The van der Waals surface area contributed by atoms with E-state index in [1.807, 2.05) is 36.4 Å². The molecule has 0 radical (unpaired) electrons. The molecular formula is C30H22ClFN2O5. The van der Waals surface area contributed by atoms with E-state index in [-0.39, 0.29) is 16.8 Å². The number of alkyl halides is 1. The number of hydrogen-bond donors (Lipinski definition) is 2. The molecule has 0 aromatic heterocycles. The van der Waals surface area contributed by atoms with E-state index in [2.05, 4.69) is 5.16 Å². The highest BCUT2D eigenvalue weighted by Gasteiger charge is 2.43. The monoisotopic (exact) mass is 544 g/mol. The molecule has 39 heavy (non-hydrogen) atoms. The van der Waals surface area contributed by atoms with Crippen LogP contribution in [0.1, 0.15) is 39.1 Å². The maximum absolute atomic E-state index is 15.8. The summed E-state index contributed by atoms with van der Waals surface area (Å²) in [5.74, 6) is -3.01. The second-order valence-electron chi connectivity index (χ2n) is 9.34. The van der Waals surface area contributed by atoms with E-state index in [1.165, 1.54) is 0 Å². The van der Waals surface area contributed by atoms with Gasteiger partial charge in [-0.05, 0) is 51.7 Å². The molecule has 0 saturated carbocycles. The summed E-state index contributed by atoms with van der Waals surface area (Å²) in [5.41, 5.74) is -0.671. The second kappa shape index (κ2) is 10.3. The Morgan fingerprint density at radius 2 is 1.38 bits per heavy atom. The van der Waals surface area contributed by atoms with Crippen LogP contribution in [0.5, 0.6) is 0 Å². The molecule has 0 aliphatic carbocycles. The number of carbonyl (C=O) groups excluding carboxylic acids is 2. The van der Waals surface area contributed by atoms with E-state index in [1.54, 1.807) is 48.5 Å². The number of halogens is 2. The summed E-state index contributed by atoms with van der Waals surface area (Å²) in [6.07, 6.45) is -1.46. The average molecular weight is 545 g/mol. The number of rotatable bonds is 8. The molecule has 2 amide bonds. The van der Waals surface area contributed by atoms with Crippen molar-refractivity contribution in [2.24, 2.45) is 5.16 Å². The first-order valence-electron chi connectivity index (χ1n) is 12.1. The number of aliphatic carboxylic acids is 1. The van der Waals surface area contributed by atoms with Gasteiger partial charge in [-0.3, -0.25) is 14.5 Å².